The fraction of sp³-hybridized carbons (Fsp3) is 0.182. The molecule has 0 saturated heterocycles. The van der Waals surface area contributed by atoms with Crippen LogP contribution in [0.25, 0.3) is 5.57 Å². The lowest BCUT2D eigenvalue weighted by Crippen LogP contribution is -1.95. The lowest BCUT2D eigenvalue weighted by molar-refractivity contribution is 0.319. The summed E-state index contributed by atoms with van der Waals surface area (Å²) in [6.07, 6.45) is 0.731. The summed E-state index contributed by atoms with van der Waals surface area (Å²) in [6, 6.07) is 7.92. The van der Waals surface area contributed by atoms with Gasteiger partial charge >= 0.3 is 6.47 Å². The van der Waals surface area contributed by atoms with Crippen LogP contribution in [0.2, 0.25) is 0 Å². The van der Waals surface area contributed by atoms with Gasteiger partial charge in [0, 0.05) is 17.0 Å². The van der Waals surface area contributed by atoms with Gasteiger partial charge in [-0.25, -0.2) is 4.79 Å². The van der Waals surface area contributed by atoms with E-state index in [1.54, 1.807) is 0 Å². The van der Waals surface area contributed by atoms with Crippen molar-refractivity contribution in [1.29, 1.82) is 0 Å². The molecular formula is C11H8ClO2. The van der Waals surface area contributed by atoms with Crippen LogP contribution in [0.3, 0.4) is 0 Å². The molecule has 3 heteroatoms. The van der Waals surface area contributed by atoms with Gasteiger partial charge in [-0.2, -0.15) is 0 Å². The Kier molecular flexibility index (Phi) is 2.55. The summed E-state index contributed by atoms with van der Waals surface area (Å²) in [4.78, 5) is 9.97. The van der Waals surface area contributed by atoms with Crippen LogP contribution in [-0.2, 0) is 16.0 Å². The van der Waals surface area contributed by atoms with Gasteiger partial charge in [-0.05, 0) is 11.1 Å². The molecule has 0 N–H and O–H groups in total. The second kappa shape index (κ2) is 3.84. The molecule has 1 aliphatic carbocycles. The Hall–Kier alpha value is -1.28. The average molecular weight is 208 g/mol. The molecule has 0 spiro atoms. The number of allylic oxidation sites excluding steroid dienone is 1. The summed E-state index contributed by atoms with van der Waals surface area (Å²) in [5, 5.41) is 0.751. The summed E-state index contributed by atoms with van der Waals surface area (Å²) in [5.41, 5.74) is 3.15. The topological polar surface area (TPSA) is 26.3 Å². The van der Waals surface area contributed by atoms with Crippen molar-refractivity contribution < 1.29 is 9.53 Å². The number of rotatable bonds is 3. The van der Waals surface area contributed by atoms with Crippen molar-refractivity contribution in [3.05, 3.63) is 40.4 Å². The highest BCUT2D eigenvalue weighted by Crippen LogP contribution is 2.34. The molecule has 14 heavy (non-hydrogen) atoms. The molecular weight excluding hydrogens is 200 g/mol. The Labute approximate surface area is 87.1 Å². The number of benzene rings is 1. The molecule has 0 bridgehead atoms. The third-order valence-corrected chi connectivity index (χ3v) is 2.65. The maximum atomic E-state index is 9.97. The molecule has 0 aliphatic heterocycles. The Balaban J connectivity index is 2.31. The van der Waals surface area contributed by atoms with E-state index in [0.717, 1.165) is 22.6 Å². The highest BCUT2D eigenvalue weighted by atomic mass is 35.5. The quantitative estimate of drug-likeness (QED) is 0.760. The summed E-state index contributed by atoms with van der Waals surface area (Å²) < 4.78 is 4.60. The highest BCUT2D eigenvalue weighted by molar-refractivity contribution is 6.33. The van der Waals surface area contributed by atoms with Gasteiger partial charge in [0.25, 0.3) is 0 Å². The maximum absolute atomic E-state index is 9.97. The molecule has 0 amide bonds. The van der Waals surface area contributed by atoms with Crippen LogP contribution < -0.4 is 0 Å². The molecule has 0 aromatic heterocycles. The number of ether oxygens (including phenoxy) is 1. The minimum absolute atomic E-state index is 0.208. The van der Waals surface area contributed by atoms with E-state index in [1.807, 2.05) is 24.3 Å². The normalized spacial score (nSPS) is 14.1. The molecule has 0 fully saturated rings. The largest absolute Gasteiger partial charge is 0.452 e. The van der Waals surface area contributed by atoms with Crippen molar-refractivity contribution >= 4 is 23.6 Å². The van der Waals surface area contributed by atoms with Crippen molar-refractivity contribution in [2.45, 2.75) is 6.42 Å². The van der Waals surface area contributed by atoms with E-state index in [-0.39, 0.29) is 6.61 Å². The fourth-order valence-electron chi connectivity index (χ4n) is 1.65. The summed E-state index contributed by atoms with van der Waals surface area (Å²) in [7, 11) is 0. The van der Waals surface area contributed by atoms with Crippen molar-refractivity contribution in [2.75, 3.05) is 6.61 Å². The third-order valence-electron chi connectivity index (χ3n) is 2.29. The van der Waals surface area contributed by atoms with Crippen LogP contribution >= 0.6 is 11.6 Å². The van der Waals surface area contributed by atoms with E-state index in [1.165, 1.54) is 12.0 Å². The van der Waals surface area contributed by atoms with Gasteiger partial charge in [0.2, 0.25) is 0 Å². The van der Waals surface area contributed by atoms with E-state index < -0.39 is 0 Å². The van der Waals surface area contributed by atoms with Crippen LogP contribution in [0, 0.1) is 0 Å². The van der Waals surface area contributed by atoms with Crippen LogP contribution in [0.1, 0.15) is 11.1 Å². The standard InChI is InChI=1S/C11H8ClO2/c12-11-5-8-3-1-2-4-9(8)10(11)6-14-7-13/h1-4H,5-6H2. The van der Waals surface area contributed by atoms with Crippen LogP contribution in [-0.4, -0.2) is 13.1 Å². The fourth-order valence-corrected chi connectivity index (χ4v) is 1.95. The predicted molar refractivity (Wildman–Crippen MR) is 54.6 cm³/mol. The number of halogens is 1. The predicted octanol–water partition coefficient (Wildman–Crippen LogP) is 2.28. The van der Waals surface area contributed by atoms with Gasteiger partial charge in [0.1, 0.15) is 6.61 Å². The van der Waals surface area contributed by atoms with Gasteiger partial charge < -0.3 is 4.74 Å². The minimum atomic E-state index is 0.208. The van der Waals surface area contributed by atoms with Crippen molar-refractivity contribution in [3.63, 3.8) is 0 Å². The first-order valence-corrected chi connectivity index (χ1v) is 4.65. The van der Waals surface area contributed by atoms with E-state index in [9.17, 15) is 4.79 Å². The van der Waals surface area contributed by atoms with Crippen LogP contribution in [0.5, 0.6) is 0 Å². The van der Waals surface area contributed by atoms with Crippen LogP contribution in [0.4, 0.5) is 0 Å². The smallest absolute Gasteiger partial charge is 0.417 e. The molecule has 71 valence electrons. The average Bonchev–Trinajstić information content (AvgIpc) is 2.51. The lowest BCUT2D eigenvalue weighted by atomic mass is 10.1. The summed E-state index contributed by atoms with van der Waals surface area (Å²) in [5.74, 6) is 0. The second-order valence-electron chi connectivity index (χ2n) is 3.09. The first kappa shape index (κ1) is 9.28. The van der Waals surface area contributed by atoms with Crippen molar-refractivity contribution in [1.82, 2.24) is 0 Å². The van der Waals surface area contributed by atoms with Gasteiger partial charge in [0.15, 0.2) is 0 Å². The van der Waals surface area contributed by atoms with Crippen LogP contribution in [0.15, 0.2) is 29.3 Å². The number of carbonyl (C=O) groups excluding carboxylic acids is 1. The Morgan fingerprint density at radius 3 is 3.00 bits per heavy atom. The molecule has 2 nitrogen and oxygen atoms in total. The molecule has 0 saturated carbocycles. The molecule has 1 aromatic rings. The molecule has 0 atom stereocenters. The molecule has 0 heterocycles. The molecule has 1 aliphatic rings. The van der Waals surface area contributed by atoms with E-state index in [2.05, 4.69) is 4.74 Å². The monoisotopic (exact) mass is 207 g/mol. The number of hydrogen-bond acceptors (Lipinski definition) is 2. The van der Waals surface area contributed by atoms with Crippen molar-refractivity contribution in [2.24, 2.45) is 0 Å². The van der Waals surface area contributed by atoms with Gasteiger partial charge in [0.05, 0.1) is 0 Å². The minimum Gasteiger partial charge on any atom is -0.452 e. The van der Waals surface area contributed by atoms with Gasteiger partial charge in [-0.3, -0.25) is 0 Å². The second-order valence-corrected chi connectivity index (χ2v) is 3.55. The zero-order chi connectivity index (χ0) is 9.97. The Morgan fingerprint density at radius 2 is 2.21 bits per heavy atom. The van der Waals surface area contributed by atoms with Gasteiger partial charge in [-0.1, -0.05) is 35.9 Å². The molecule has 2 rings (SSSR count). The number of fused-ring (bicyclic) bond motifs is 1. The summed E-state index contributed by atoms with van der Waals surface area (Å²) in [6.45, 7) is 1.61. The highest BCUT2D eigenvalue weighted by Gasteiger charge is 2.19. The van der Waals surface area contributed by atoms with E-state index in [0.29, 0.717) is 0 Å². The zero-order valence-electron chi connectivity index (χ0n) is 7.42. The van der Waals surface area contributed by atoms with Gasteiger partial charge in [-0.15, -0.1) is 0 Å². The zero-order valence-corrected chi connectivity index (χ0v) is 8.17. The van der Waals surface area contributed by atoms with Crippen molar-refractivity contribution in [3.8, 4) is 0 Å². The number of hydrogen-bond donors (Lipinski definition) is 0. The Morgan fingerprint density at radius 1 is 1.43 bits per heavy atom. The van der Waals surface area contributed by atoms with E-state index >= 15 is 0 Å². The molecule has 1 radical (unpaired) electrons. The maximum Gasteiger partial charge on any atom is 0.417 e. The third kappa shape index (κ3) is 1.53. The Bertz CT molecular complexity index is 396. The summed E-state index contributed by atoms with van der Waals surface area (Å²) >= 11 is 6.05. The SMILES string of the molecule is O=[C]OCC1=C(Cl)Cc2ccccc21. The first-order valence-electron chi connectivity index (χ1n) is 4.27. The lowest BCUT2D eigenvalue weighted by Gasteiger charge is -2.03. The molecule has 1 aromatic carbocycles. The first-order chi connectivity index (χ1) is 6.83. The van der Waals surface area contributed by atoms with E-state index in [4.69, 9.17) is 11.6 Å². The molecule has 0 unspecified atom stereocenters.